The molecule has 2 aromatic heterocycles. The minimum absolute atomic E-state index is 0.331. The Hall–Kier alpha value is -2.43. The number of halogens is 1. The summed E-state index contributed by atoms with van der Waals surface area (Å²) in [5, 5.41) is 4.10. The minimum atomic E-state index is -0.331. The standard InChI is InChI=1S/C12H9FN4/c13-9-4-2-1-3-8(9)12-10(14)7-15-11-5-6-16-17(11)12/h1-7H,14H2. The molecule has 84 valence electrons. The monoisotopic (exact) mass is 228 g/mol. The number of anilines is 1. The van der Waals surface area contributed by atoms with E-state index in [0.29, 0.717) is 22.6 Å². The van der Waals surface area contributed by atoms with Crippen molar-refractivity contribution < 1.29 is 4.39 Å². The van der Waals surface area contributed by atoms with Crippen LogP contribution in [0.5, 0.6) is 0 Å². The van der Waals surface area contributed by atoms with Crippen LogP contribution in [0.15, 0.2) is 42.7 Å². The van der Waals surface area contributed by atoms with Crippen LogP contribution in [-0.4, -0.2) is 14.6 Å². The van der Waals surface area contributed by atoms with Gasteiger partial charge in [-0.15, -0.1) is 0 Å². The molecule has 0 saturated carbocycles. The number of nitrogen functional groups attached to an aromatic ring is 1. The highest BCUT2D eigenvalue weighted by Crippen LogP contribution is 2.27. The molecule has 0 radical (unpaired) electrons. The van der Waals surface area contributed by atoms with Gasteiger partial charge in [0.25, 0.3) is 0 Å². The first kappa shape index (κ1) is 9.77. The average molecular weight is 228 g/mol. The second-order valence-corrected chi connectivity index (χ2v) is 3.64. The van der Waals surface area contributed by atoms with Crippen molar-refractivity contribution in [1.82, 2.24) is 14.6 Å². The van der Waals surface area contributed by atoms with Gasteiger partial charge in [0.15, 0.2) is 5.65 Å². The molecule has 0 atom stereocenters. The van der Waals surface area contributed by atoms with Crippen LogP contribution >= 0.6 is 0 Å². The van der Waals surface area contributed by atoms with Gasteiger partial charge >= 0.3 is 0 Å². The minimum Gasteiger partial charge on any atom is -0.396 e. The summed E-state index contributed by atoms with van der Waals surface area (Å²) in [6.07, 6.45) is 3.12. The largest absolute Gasteiger partial charge is 0.396 e. The predicted octanol–water partition coefficient (Wildman–Crippen LogP) is 2.12. The molecule has 0 aliphatic rings. The lowest BCUT2D eigenvalue weighted by Crippen LogP contribution is -2.02. The van der Waals surface area contributed by atoms with Crippen molar-refractivity contribution in [2.45, 2.75) is 0 Å². The highest BCUT2D eigenvalue weighted by molar-refractivity contribution is 5.74. The molecule has 17 heavy (non-hydrogen) atoms. The van der Waals surface area contributed by atoms with Gasteiger partial charge in [-0.1, -0.05) is 12.1 Å². The number of nitrogens with two attached hydrogens (primary N) is 1. The maximum Gasteiger partial charge on any atom is 0.155 e. The van der Waals surface area contributed by atoms with Crippen LogP contribution < -0.4 is 5.73 Å². The second-order valence-electron chi connectivity index (χ2n) is 3.64. The van der Waals surface area contributed by atoms with Crippen molar-refractivity contribution in [2.75, 3.05) is 5.73 Å². The van der Waals surface area contributed by atoms with Gasteiger partial charge in [-0.25, -0.2) is 13.9 Å². The molecule has 0 aliphatic carbocycles. The summed E-state index contributed by atoms with van der Waals surface area (Å²) >= 11 is 0. The van der Waals surface area contributed by atoms with Gasteiger partial charge in [0.2, 0.25) is 0 Å². The summed E-state index contributed by atoms with van der Waals surface area (Å²) in [5.74, 6) is -0.331. The van der Waals surface area contributed by atoms with Crippen LogP contribution in [0.4, 0.5) is 10.1 Å². The molecule has 0 fully saturated rings. The summed E-state index contributed by atoms with van der Waals surface area (Å²) in [6, 6.07) is 8.20. The van der Waals surface area contributed by atoms with Gasteiger partial charge < -0.3 is 5.73 Å². The number of nitrogens with zero attached hydrogens (tertiary/aromatic N) is 3. The van der Waals surface area contributed by atoms with Crippen molar-refractivity contribution in [2.24, 2.45) is 0 Å². The van der Waals surface area contributed by atoms with Crippen molar-refractivity contribution in [1.29, 1.82) is 0 Å². The first-order chi connectivity index (χ1) is 8.27. The van der Waals surface area contributed by atoms with E-state index >= 15 is 0 Å². The Balaban J connectivity index is 2.40. The summed E-state index contributed by atoms with van der Waals surface area (Å²) in [5.41, 5.74) is 7.83. The predicted molar refractivity (Wildman–Crippen MR) is 62.8 cm³/mol. The van der Waals surface area contributed by atoms with E-state index in [-0.39, 0.29) is 5.82 Å². The Morgan fingerprint density at radius 2 is 2.00 bits per heavy atom. The van der Waals surface area contributed by atoms with E-state index in [0.717, 1.165) is 0 Å². The molecule has 0 bridgehead atoms. The molecular formula is C12H9FN4. The number of hydrogen-bond donors (Lipinski definition) is 1. The third-order valence-corrected chi connectivity index (χ3v) is 2.57. The van der Waals surface area contributed by atoms with E-state index in [1.165, 1.54) is 16.8 Å². The van der Waals surface area contributed by atoms with Crippen molar-refractivity contribution in [3.05, 3.63) is 48.5 Å². The van der Waals surface area contributed by atoms with Gasteiger partial charge in [-0.2, -0.15) is 5.10 Å². The fourth-order valence-electron chi connectivity index (χ4n) is 1.81. The fourth-order valence-corrected chi connectivity index (χ4v) is 1.81. The molecule has 1 aromatic carbocycles. The zero-order valence-electron chi connectivity index (χ0n) is 8.84. The van der Waals surface area contributed by atoms with Crippen molar-refractivity contribution >= 4 is 11.3 Å². The van der Waals surface area contributed by atoms with E-state index in [2.05, 4.69) is 10.1 Å². The summed E-state index contributed by atoms with van der Waals surface area (Å²) in [4.78, 5) is 4.11. The smallest absolute Gasteiger partial charge is 0.155 e. The van der Waals surface area contributed by atoms with Crippen LogP contribution in [0, 0.1) is 5.82 Å². The maximum absolute atomic E-state index is 13.8. The normalized spacial score (nSPS) is 10.9. The first-order valence-corrected chi connectivity index (χ1v) is 5.10. The molecule has 5 heteroatoms. The Bertz CT molecular complexity index is 690. The third kappa shape index (κ3) is 1.44. The highest BCUT2D eigenvalue weighted by atomic mass is 19.1. The molecular weight excluding hydrogens is 219 g/mol. The van der Waals surface area contributed by atoms with Gasteiger partial charge in [0, 0.05) is 11.6 Å². The van der Waals surface area contributed by atoms with E-state index in [1.54, 1.807) is 30.5 Å². The number of rotatable bonds is 1. The molecule has 2 N–H and O–H groups in total. The van der Waals surface area contributed by atoms with Crippen LogP contribution in [0.1, 0.15) is 0 Å². The third-order valence-electron chi connectivity index (χ3n) is 2.57. The van der Waals surface area contributed by atoms with E-state index in [9.17, 15) is 4.39 Å². The van der Waals surface area contributed by atoms with E-state index in [4.69, 9.17) is 5.73 Å². The molecule has 2 heterocycles. The lowest BCUT2D eigenvalue weighted by molar-refractivity contribution is 0.630. The average Bonchev–Trinajstić information content (AvgIpc) is 2.79. The lowest BCUT2D eigenvalue weighted by Gasteiger charge is -2.08. The maximum atomic E-state index is 13.8. The van der Waals surface area contributed by atoms with E-state index in [1.807, 2.05) is 0 Å². The van der Waals surface area contributed by atoms with Gasteiger partial charge in [-0.05, 0) is 12.1 Å². The topological polar surface area (TPSA) is 56.2 Å². The lowest BCUT2D eigenvalue weighted by atomic mass is 10.1. The number of aromatic nitrogens is 3. The summed E-state index contributed by atoms with van der Waals surface area (Å²) in [7, 11) is 0. The van der Waals surface area contributed by atoms with Crippen LogP contribution in [0.25, 0.3) is 16.9 Å². The van der Waals surface area contributed by atoms with Crippen LogP contribution in [0.3, 0.4) is 0 Å². The Kier molecular flexibility index (Phi) is 2.04. The molecule has 0 aliphatic heterocycles. The highest BCUT2D eigenvalue weighted by Gasteiger charge is 2.12. The summed E-state index contributed by atoms with van der Waals surface area (Å²) < 4.78 is 15.3. The zero-order chi connectivity index (χ0) is 11.8. The van der Waals surface area contributed by atoms with Crippen LogP contribution in [-0.2, 0) is 0 Å². The van der Waals surface area contributed by atoms with Gasteiger partial charge in [0.05, 0.1) is 18.1 Å². The Morgan fingerprint density at radius 1 is 1.18 bits per heavy atom. The van der Waals surface area contributed by atoms with Gasteiger partial charge in [0.1, 0.15) is 11.5 Å². The number of fused-ring (bicyclic) bond motifs is 1. The first-order valence-electron chi connectivity index (χ1n) is 5.10. The number of benzene rings is 1. The van der Waals surface area contributed by atoms with Crippen molar-refractivity contribution in [3.63, 3.8) is 0 Å². The molecule has 0 unspecified atom stereocenters. The molecule has 4 nitrogen and oxygen atoms in total. The molecule has 3 aromatic rings. The Labute approximate surface area is 96.5 Å². The Morgan fingerprint density at radius 3 is 2.82 bits per heavy atom. The fraction of sp³-hybridized carbons (Fsp3) is 0. The molecule has 3 rings (SSSR count). The van der Waals surface area contributed by atoms with Crippen molar-refractivity contribution in [3.8, 4) is 11.3 Å². The van der Waals surface area contributed by atoms with Gasteiger partial charge in [-0.3, -0.25) is 0 Å². The van der Waals surface area contributed by atoms with Crippen LogP contribution in [0.2, 0.25) is 0 Å². The molecule has 0 amide bonds. The molecule has 0 saturated heterocycles. The zero-order valence-corrected chi connectivity index (χ0v) is 8.84. The van der Waals surface area contributed by atoms with E-state index < -0.39 is 0 Å². The second kappa shape index (κ2) is 3.55. The SMILES string of the molecule is Nc1cnc2ccnn2c1-c1ccccc1F. The molecule has 0 spiro atoms. The number of hydrogen-bond acceptors (Lipinski definition) is 3. The quantitative estimate of drug-likeness (QED) is 0.694. The summed E-state index contributed by atoms with van der Waals surface area (Å²) in [6.45, 7) is 0.